The van der Waals surface area contributed by atoms with Crippen LogP contribution in [0.2, 0.25) is 0 Å². The van der Waals surface area contributed by atoms with Gasteiger partial charge in [0, 0.05) is 24.5 Å². The molecule has 2 aromatic carbocycles. The fourth-order valence-corrected chi connectivity index (χ4v) is 3.35. The zero-order valence-electron chi connectivity index (χ0n) is 13.9. The van der Waals surface area contributed by atoms with Crippen LogP contribution in [0.5, 0.6) is 0 Å². The summed E-state index contributed by atoms with van der Waals surface area (Å²) < 4.78 is 0. The van der Waals surface area contributed by atoms with Gasteiger partial charge in [-0.15, -0.1) is 0 Å². The number of carbonyl (C=O) groups is 2. The number of benzene rings is 2. The summed E-state index contributed by atoms with van der Waals surface area (Å²) in [6.07, 6.45) is 3.58. The molecule has 1 heterocycles. The zero-order valence-corrected chi connectivity index (χ0v) is 13.9. The number of aromatic carboxylic acids is 1. The molecule has 0 spiro atoms. The topological polar surface area (TPSA) is 79.3 Å². The van der Waals surface area contributed by atoms with Crippen molar-refractivity contribution in [3.05, 3.63) is 88.7 Å². The molecule has 0 fully saturated rings. The predicted molar refractivity (Wildman–Crippen MR) is 97.1 cm³/mol. The van der Waals surface area contributed by atoms with Gasteiger partial charge in [0.15, 0.2) is 0 Å². The molecule has 0 aliphatic heterocycles. The monoisotopic (exact) mass is 344 g/mol. The molecule has 128 valence electrons. The van der Waals surface area contributed by atoms with Crippen LogP contribution in [0.1, 0.15) is 37.4 Å². The quantitative estimate of drug-likeness (QED) is 0.595. The van der Waals surface area contributed by atoms with Crippen LogP contribution >= 0.6 is 0 Å². The van der Waals surface area contributed by atoms with Crippen molar-refractivity contribution in [1.29, 1.82) is 0 Å². The Morgan fingerprint density at radius 2 is 1.85 bits per heavy atom. The van der Waals surface area contributed by atoms with E-state index in [4.69, 9.17) is 5.11 Å². The van der Waals surface area contributed by atoms with Crippen molar-refractivity contribution in [1.82, 2.24) is 10.3 Å². The minimum absolute atomic E-state index is 0.104. The zero-order chi connectivity index (χ0) is 18.1. The number of pyridine rings is 1. The van der Waals surface area contributed by atoms with Crippen LogP contribution < -0.4 is 5.32 Å². The number of aromatic nitrogens is 1. The van der Waals surface area contributed by atoms with Crippen molar-refractivity contribution in [2.24, 2.45) is 0 Å². The van der Waals surface area contributed by atoms with E-state index in [-0.39, 0.29) is 18.0 Å². The van der Waals surface area contributed by atoms with E-state index in [0.717, 1.165) is 17.5 Å². The second kappa shape index (κ2) is 6.44. The first-order valence-electron chi connectivity index (χ1n) is 8.29. The molecule has 1 aromatic heterocycles. The van der Waals surface area contributed by atoms with Crippen LogP contribution in [0.25, 0.3) is 11.1 Å². The molecule has 1 amide bonds. The van der Waals surface area contributed by atoms with E-state index in [1.54, 1.807) is 6.20 Å². The predicted octanol–water partition coefficient (Wildman–Crippen LogP) is 3.28. The van der Waals surface area contributed by atoms with E-state index in [9.17, 15) is 9.59 Å². The van der Waals surface area contributed by atoms with Crippen LogP contribution in [0, 0.1) is 0 Å². The molecule has 1 aliphatic rings. The molecule has 0 radical (unpaired) electrons. The van der Waals surface area contributed by atoms with Gasteiger partial charge in [-0.3, -0.25) is 9.78 Å². The maximum atomic E-state index is 12.7. The van der Waals surface area contributed by atoms with Gasteiger partial charge in [-0.25, -0.2) is 4.79 Å². The largest absolute Gasteiger partial charge is 0.478 e. The Bertz CT molecular complexity index is 1030. The summed E-state index contributed by atoms with van der Waals surface area (Å²) in [4.78, 5) is 27.6. The molecule has 2 N–H and O–H groups in total. The van der Waals surface area contributed by atoms with Crippen LogP contribution in [0.15, 0.2) is 60.9 Å². The number of fused-ring (bicyclic) bond motifs is 3. The molecule has 0 saturated carbocycles. The van der Waals surface area contributed by atoms with Crippen molar-refractivity contribution < 1.29 is 14.7 Å². The number of rotatable bonds is 4. The molecular weight excluding hydrogens is 328 g/mol. The first-order chi connectivity index (χ1) is 12.6. The fraction of sp³-hybridized carbons (Fsp3) is 0.0952. The van der Waals surface area contributed by atoms with Gasteiger partial charge >= 0.3 is 5.97 Å². The lowest BCUT2D eigenvalue weighted by Crippen LogP contribution is -2.24. The first-order valence-corrected chi connectivity index (χ1v) is 8.29. The van der Waals surface area contributed by atoms with Gasteiger partial charge in [0.25, 0.3) is 5.91 Å². The number of carboxylic acid groups (broad SMARTS) is 1. The van der Waals surface area contributed by atoms with Crippen LogP contribution in [-0.4, -0.2) is 22.0 Å². The summed E-state index contributed by atoms with van der Waals surface area (Å²) in [5, 5.41) is 11.9. The lowest BCUT2D eigenvalue weighted by Gasteiger charge is -2.10. The lowest BCUT2D eigenvalue weighted by atomic mass is 10.0. The van der Waals surface area contributed by atoms with E-state index < -0.39 is 5.97 Å². The molecule has 0 bridgehead atoms. The normalized spacial score (nSPS) is 11.5. The van der Waals surface area contributed by atoms with E-state index in [2.05, 4.69) is 22.4 Å². The number of amides is 1. The third-order valence-corrected chi connectivity index (χ3v) is 4.59. The highest BCUT2D eigenvalue weighted by Crippen LogP contribution is 2.37. The molecular formula is C21H16N2O3. The number of hydrogen-bond acceptors (Lipinski definition) is 3. The van der Waals surface area contributed by atoms with Gasteiger partial charge in [0.2, 0.25) is 0 Å². The molecule has 26 heavy (non-hydrogen) atoms. The van der Waals surface area contributed by atoms with Gasteiger partial charge in [-0.05, 0) is 46.4 Å². The summed E-state index contributed by atoms with van der Waals surface area (Å²) in [7, 11) is 0. The highest BCUT2D eigenvalue weighted by Gasteiger charge is 2.23. The SMILES string of the molecule is O=C(O)c1cncc(CNC(=O)c2cccc3c2Cc2ccccc2-3)c1. The van der Waals surface area contributed by atoms with Gasteiger partial charge in [0.05, 0.1) is 5.56 Å². The minimum atomic E-state index is -1.04. The van der Waals surface area contributed by atoms with Crippen molar-refractivity contribution in [3.8, 4) is 11.1 Å². The van der Waals surface area contributed by atoms with Crippen LogP contribution in [0.3, 0.4) is 0 Å². The summed E-state index contributed by atoms with van der Waals surface area (Å²) in [6, 6.07) is 15.4. The van der Waals surface area contributed by atoms with Crippen LogP contribution in [-0.2, 0) is 13.0 Å². The van der Waals surface area contributed by atoms with Crippen LogP contribution in [0.4, 0.5) is 0 Å². The first kappa shape index (κ1) is 16.0. The van der Waals surface area contributed by atoms with Gasteiger partial charge in [0.1, 0.15) is 0 Å². The summed E-state index contributed by atoms with van der Waals surface area (Å²) in [5.74, 6) is -1.21. The van der Waals surface area contributed by atoms with E-state index in [1.807, 2.05) is 30.3 Å². The highest BCUT2D eigenvalue weighted by molar-refractivity contribution is 5.99. The van der Waals surface area contributed by atoms with Gasteiger partial charge < -0.3 is 10.4 Å². The third kappa shape index (κ3) is 2.84. The molecule has 3 aromatic rings. The number of nitrogens with one attached hydrogen (secondary N) is 1. The molecule has 0 atom stereocenters. The highest BCUT2D eigenvalue weighted by atomic mass is 16.4. The molecule has 1 aliphatic carbocycles. The Morgan fingerprint density at radius 3 is 2.69 bits per heavy atom. The van der Waals surface area contributed by atoms with E-state index >= 15 is 0 Å². The maximum Gasteiger partial charge on any atom is 0.337 e. The Hall–Kier alpha value is -3.47. The summed E-state index contributed by atoms with van der Waals surface area (Å²) >= 11 is 0. The molecule has 0 saturated heterocycles. The second-order valence-corrected chi connectivity index (χ2v) is 6.24. The minimum Gasteiger partial charge on any atom is -0.478 e. The number of nitrogens with zero attached hydrogens (tertiary/aromatic N) is 1. The number of hydrogen-bond donors (Lipinski definition) is 2. The third-order valence-electron chi connectivity index (χ3n) is 4.59. The second-order valence-electron chi connectivity index (χ2n) is 6.24. The number of carbonyl (C=O) groups excluding carboxylic acids is 1. The summed E-state index contributed by atoms with van der Waals surface area (Å²) in [5.41, 5.74) is 5.94. The van der Waals surface area contributed by atoms with Crippen molar-refractivity contribution in [3.63, 3.8) is 0 Å². The fourth-order valence-electron chi connectivity index (χ4n) is 3.35. The van der Waals surface area contributed by atoms with Gasteiger partial charge in [-0.2, -0.15) is 0 Å². The average Bonchev–Trinajstić information content (AvgIpc) is 3.05. The molecule has 4 rings (SSSR count). The van der Waals surface area contributed by atoms with Crippen molar-refractivity contribution in [2.75, 3.05) is 0 Å². The van der Waals surface area contributed by atoms with Crippen molar-refractivity contribution in [2.45, 2.75) is 13.0 Å². The summed E-state index contributed by atoms with van der Waals surface area (Å²) in [6.45, 7) is 0.226. The maximum absolute atomic E-state index is 12.7. The smallest absolute Gasteiger partial charge is 0.337 e. The Balaban J connectivity index is 1.55. The molecule has 0 unspecified atom stereocenters. The lowest BCUT2D eigenvalue weighted by molar-refractivity contribution is 0.0696. The van der Waals surface area contributed by atoms with Crippen molar-refractivity contribution >= 4 is 11.9 Å². The standard InChI is InChI=1S/C21H16N2O3/c24-20(23-11-13-8-15(21(25)26)12-22-10-13)18-7-3-6-17-16-5-2-1-4-14(16)9-19(17)18/h1-8,10,12H,9,11H2,(H,23,24)(H,25,26). The Labute approximate surface area is 150 Å². The molecule has 5 heteroatoms. The van der Waals surface area contributed by atoms with E-state index in [1.165, 1.54) is 23.4 Å². The molecule has 5 nitrogen and oxygen atoms in total. The Kier molecular flexibility index (Phi) is 3.97. The van der Waals surface area contributed by atoms with E-state index in [0.29, 0.717) is 11.1 Å². The number of carboxylic acids is 1. The Morgan fingerprint density at radius 1 is 1.04 bits per heavy atom. The van der Waals surface area contributed by atoms with Gasteiger partial charge in [-0.1, -0.05) is 36.4 Å². The average molecular weight is 344 g/mol.